The maximum atomic E-state index is 14.6. The van der Waals surface area contributed by atoms with E-state index in [1.807, 2.05) is 77.4 Å². The number of likely N-dealkylation sites (tertiary alicyclic amines) is 1. The van der Waals surface area contributed by atoms with Crippen LogP contribution in [0.3, 0.4) is 0 Å². The van der Waals surface area contributed by atoms with Crippen LogP contribution in [0.5, 0.6) is 23.1 Å². The van der Waals surface area contributed by atoms with Crippen LogP contribution < -0.4 is 35.3 Å². The quantitative estimate of drug-likeness (QED) is 0.0593. The van der Waals surface area contributed by atoms with E-state index in [0.717, 1.165) is 33.7 Å². The molecule has 3 amide bonds. The number of carbonyl (C=O) groups is 3. The number of aryl methyl sites for hydroxylation is 3. The molecule has 0 spiro atoms. The SMILES string of the molecule is CCCOc1cccc(Oc2cc3c(cc2NS(=O)(=O)c2cccc(C(=O)N[C@H]4C[C@@H](Oc5cc(-c6cnn(C(C(=O)N7C[C@H](O)C[C@H]7C(=O)N[C@@H](C)c7ccc(-c8scnc8C)cc7)C(C)(C)C)c6)ccn5)C4)c2)n(C)c(=O)n3C)c1. The van der Waals surface area contributed by atoms with Crippen molar-refractivity contribution in [3.8, 4) is 44.7 Å². The minimum absolute atomic E-state index is 0.00503. The van der Waals surface area contributed by atoms with Gasteiger partial charge in [-0.15, -0.1) is 11.3 Å². The first-order chi connectivity index (χ1) is 39.1. The molecule has 20 nitrogen and oxygen atoms in total. The predicted octanol–water partition coefficient (Wildman–Crippen LogP) is 8.72. The van der Waals surface area contributed by atoms with Crippen molar-refractivity contribution >= 4 is 55.8 Å². The topological polar surface area (TPSA) is 243 Å². The Labute approximate surface area is 479 Å². The van der Waals surface area contributed by atoms with Crippen molar-refractivity contribution < 1.29 is 42.1 Å². The molecule has 5 heterocycles. The maximum Gasteiger partial charge on any atom is 0.328 e. The van der Waals surface area contributed by atoms with Crippen LogP contribution >= 0.6 is 11.3 Å². The van der Waals surface area contributed by atoms with E-state index in [-0.39, 0.29) is 70.6 Å². The van der Waals surface area contributed by atoms with Gasteiger partial charge in [0.05, 0.1) is 62.6 Å². The lowest BCUT2D eigenvalue weighted by Crippen LogP contribution is -2.50. The second-order valence-electron chi connectivity index (χ2n) is 22.1. The highest BCUT2D eigenvalue weighted by Crippen LogP contribution is 2.39. The van der Waals surface area contributed by atoms with Crippen LogP contribution in [0.25, 0.3) is 32.6 Å². The third kappa shape index (κ3) is 12.1. The maximum absolute atomic E-state index is 14.6. The molecule has 0 bridgehead atoms. The standard InChI is InChI=1S/C60H66N10O10S2/c1-9-22-78-44-13-11-14-45(28-44)79-52-30-50-49(67(7)59(75)68(50)8)29-48(52)66-82(76,77)47-15-10-12-40(23-47)56(72)65-42-25-46(26-42)80-53-24-39(20-21-61-53)41-31-63-70(32-41)55(60(4,5)6)58(74)69-33-43(71)27-51(69)57(73)64-35(2)37-16-18-38(19-17-37)54-36(3)62-34-81-54/h10-21,23-24,28-32,34-35,42-43,46,51,55,66,71H,9,22,25-27,33H2,1-8H3,(H,64,73)(H,65,72)/t35-,42-,43+,46+,51-,55?/m0/s1. The van der Waals surface area contributed by atoms with E-state index in [9.17, 15) is 32.7 Å². The zero-order valence-corrected chi connectivity index (χ0v) is 48.5. The number of aliphatic hydroxyl groups excluding tert-OH is 1. The number of nitrogens with zero attached hydrogens (tertiary/aromatic N) is 7. The average molecular weight is 1150 g/mol. The van der Waals surface area contributed by atoms with Crippen molar-refractivity contribution in [2.75, 3.05) is 17.9 Å². The molecule has 1 unspecified atom stereocenters. The lowest BCUT2D eigenvalue weighted by atomic mass is 9.85. The first-order valence-electron chi connectivity index (χ1n) is 27.1. The monoisotopic (exact) mass is 1150 g/mol. The van der Waals surface area contributed by atoms with Gasteiger partial charge in [0, 0.05) is 87.7 Å². The molecule has 428 valence electrons. The summed E-state index contributed by atoms with van der Waals surface area (Å²) in [4.78, 5) is 66.3. The lowest BCUT2D eigenvalue weighted by Gasteiger charge is -2.35. The Hall–Kier alpha value is -8.34. The zero-order chi connectivity index (χ0) is 58.2. The van der Waals surface area contributed by atoms with E-state index >= 15 is 0 Å². The summed E-state index contributed by atoms with van der Waals surface area (Å²) in [5, 5.41) is 21.6. The number of β-amino-alcohol motifs (C(OH)–C–C–N with tert-alkyl or cyclic N) is 1. The number of pyridine rings is 1. The Morgan fingerprint density at radius 2 is 1.61 bits per heavy atom. The number of hydrogen-bond acceptors (Lipinski definition) is 14. The van der Waals surface area contributed by atoms with Crippen molar-refractivity contribution in [3.05, 3.63) is 148 Å². The summed E-state index contributed by atoms with van der Waals surface area (Å²) in [5.74, 6) is 0.314. The van der Waals surface area contributed by atoms with Gasteiger partial charge in [0.2, 0.25) is 17.7 Å². The van der Waals surface area contributed by atoms with Crippen LogP contribution in [-0.4, -0.2) is 102 Å². The minimum Gasteiger partial charge on any atom is -0.493 e. The fourth-order valence-electron chi connectivity index (χ4n) is 10.4. The fourth-order valence-corrected chi connectivity index (χ4v) is 12.3. The van der Waals surface area contributed by atoms with E-state index in [2.05, 4.69) is 30.4 Å². The number of nitrogens with one attached hydrogen (secondary N) is 3. The van der Waals surface area contributed by atoms with E-state index in [1.165, 1.54) is 44.4 Å². The Morgan fingerprint density at radius 3 is 2.33 bits per heavy atom. The smallest absolute Gasteiger partial charge is 0.328 e. The Balaban J connectivity index is 0.759. The van der Waals surface area contributed by atoms with Crippen LogP contribution in [0.15, 0.2) is 131 Å². The van der Waals surface area contributed by atoms with Gasteiger partial charge in [0.1, 0.15) is 29.7 Å². The first-order valence-corrected chi connectivity index (χ1v) is 29.5. The highest BCUT2D eigenvalue weighted by atomic mass is 32.2. The molecule has 2 aliphatic rings. The van der Waals surface area contributed by atoms with Crippen molar-refractivity contribution in [1.29, 1.82) is 0 Å². The number of rotatable bonds is 19. The second kappa shape index (κ2) is 23.3. The number of anilines is 1. The zero-order valence-electron chi connectivity index (χ0n) is 46.8. The summed E-state index contributed by atoms with van der Waals surface area (Å²) >= 11 is 1.57. The van der Waals surface area contributed by atoms with Gasteiger partial charge in [-0.2, -0.15) is 5.10 Å². The number of sulfonamides is 1. The van der Waals surface area contributed by atoms with Gasteiger partial charge in [-0.05, 0) is 84.8 Å². The summed E-state index contributed by atoms with van der Waals surface area (Å²) in [7, 11) is -1.10. The molecule has 1 aliphatic heterocycles. The molecule has 82 heavy (non-hydrogen) atoms. The third-order valence-electron chi connectivity index (χ3n) is 14.9. The van der Waals surface area contributed by atoms with Crippen LogP contribution in [0.1, 0.15) is 94.0 Å². The van der Waals surface area contributed by atoms with Gasteiger partial charge < -0.3 is 34.9 Å². The first kappa shape index (κ1) is 56.9. The highest BCUT2D eigenvalue weighted by Gasteiger charge is 2.45. The average Bonchev–Trinajstić information content (AvgIpc) is 3.86. The molecule has 4 aromatic heterocycles. The van der Waals surface area contributed by atoms with Gasteiger partial charge in [0.15, 0.2) is 5.75 Å². The number of aromatic nitrogens is 6. The summed E-state index contributed by atoms with van der Waals surface area (Å²) in [6, 6.07) is 25.0. The molecule has 4 N–H and O–H groups in total. The molecule has 1 saturated carbocycles. The van der Waals surface area contributed by atoms with Crippen LogP contribution in [-0.2, 0) is 33.7 Å². The largest absolute Gasteiger partial charge is 0.493 e. The van der Waals surface area contributed by atoms with Crippen molar-refractivity contribution in [2.45, 2.75) is 108 Å². The van der Waals surface area contributed by atoms with Gasteiger partial charge in [-0.3, -0.25) is 32.9 Å². The third-order valence-corrected chi connectivity index (χ3v) is 17.2. The van der Waals surface area contributed by atoms with E-state index < -0.39 is 39.5 Å². The van der Waals surface area contributed by atoms with Gasteiger partial charge in [0.25, 0.3) is 15.9 Å². The number of carbonyl (C=O) groups excluding carboxylic acids is 3. The van der Waals surface area contributed by atoms with Crippen LogP contribution in [0, 0.1) is 12.3 Å². The van der Waals surface area contributed by atoms with Gasteiger partial charge in [-0.1, -0.05) is 64.1 Å². The van der Waals surface area contributed by atoms with Gasteiger partial charge >= 0.3 is 5.69 Å². The van der Waals surface area contributed by atoms with Crippen LogP contribution in [0.2, 0.25) is 0 Å². The number of thiazole rings is 1. The molecule has 8 aromatic rings. The summed E-state index contributed by atoms with van der Waals surface area (Å²) < 4.78 is 53.6. The molecule has 4 atom stereocenters. The van der Waals surface area contributed by atoms with Gasteiger partial charge in [-0.25, -0.2) is 23.2 Å². The molecule has 10 rings (SSSR count). The second-order valence-corrected chi connectivity index (χ2v) is 24.6. The Morgan fingerprint density at radius 1 is 0.878 bits per heavy atom. The number of hydrogen-bond donors (Lipinski definition) is 4. The number of imidazole rings is 1. The highest BCUT2D eigenvalue weighted by molar-refractivity contribution is 7.92. The molecular formula is C60H66N10O10S2. The minimum atomic E-state index is -4.32. The number of ether oxygens (including phenoxy) is 3. The molecular weight excluding hydrogens is 1080 g/mol. The fraction of sp³-hybridized carbons (Fsp3) is 0.350. The molecule has 22 heteroatoms. The Bertz CT molecular complexity index is 3860. The molecule has 1 saturated heterocycles. The molecule has 4 aromatic carbocycles. The van der Waals surface area contributed by atoms with Crippen molar-refractivity contribution in [2.24, 2.45) is 19.5 Å². The molecule has 0 radical (unpaired) electrons. The van der Waals surface area contributed by atoms with Crippen LogP contribution in [0.4, 0.5) is 5.69 Å². The molecule has 1 aliphatic carbocycles. The number of benzene rings is 4. The molecule has 2 fully saturated rings. The summed E-state index contributed by atoms with van der Waals surface area (Å²) in [5.41, 5.74) is 6.40. The normalized spacial score (nSPS) is 17.9. The van der Waals surface area contributed by atoms with Crippen molar-refractivity contribution in [3.63, 3.8) is 0 Å². The van der Waals surface area contributed by atoms with E-state index in [1.54, 1.807) is 85.1 Å². The van der Waals surface area contributed by atoms with Crippen molar-refractivity contribution in [1.82, 2.24) is 44.4 Å². The number of fused-ring (bicyclic) bond motifs is 1. The Kier molecular flexibility index (Phi) is 16.1. The van der Waals surface area contributed by atoms with E-state index in [0.29, 0.717) is 53.4 Å². The lowest BCUT2D eigenvalue weighted by molar-refractivity contribution is -0.144. The summed E-state index contributed by atoms with van der Waals surface area (Å²) in [6.45, 7) is 12.2. The summed E-state index contributed by atoms with van der Waals surface area (Å²) in [6.07, 6.45) is 5.75. The predicted molar refractivity (Wildman–Crippen MR) is 312 cm³/mol. The van der Waals surface area contributed by atoms with E-state index in [4.69, 9.17) is 14.2 Å². The number of aliphatic hydroxyl groups is 1. The number of amides is 3.